The fraction of sp³-hybridized carbons (Fsp3) is 0.231. The lowest BCUT2D eigenvalue weighted by Crippen LogP contribution is -2.60. The van der Waals surface area contributed by atoms with Gasteiger partial charge in [0.05, 0.1) is 11.0 Å². The fourth-order valence-corrected chi connectivity index (χ4v) is 13.9. The van der Waals surface area contributed by atoms with Crippen molar-refractivity contribution in [1.29, 1.82) is 0 Å². The van der Waals surface area contributed by atoms with E-state index in [1.54, 1.807) is 0 Å². The van der Waals surface area contributed by atoms with Crippen LogP contribution in [0.5, 0.6) is 0 Å². The highest BCUT2D eigenvalue weighted by Gasteiger charge is 2.48. The summed E-state index contributed by atoms with van der Waals surface area (Å²) in [6.07, 6.45) is 0. The van der Waals surface area contributed by atoms with Gasteiger partial charge in [0.1, 0.15) is 11.3 Å². The van der Waals surface area contributed by atoms with Crippen molar-refractivity contribution in [3.8, 4) is 39.3 Å². The van der Waals surface area contributed by atoms with Crippen LogP contribution in [0.4, 0.5) is 11.4 Å². The Morgan fingerprint density at radius 2 is 1.23 bits per heavy atom. The van der Waals surface area contributed by atoms with E-state index >= 15 is 0 Å². The Labute approximate surface area is 415 Å². The lowest BCUT2D eigenvalue weighted by Gasteiger charge is -2.43. The molecule has 3 nitrogen and oxygen atoms in total. The molecular formula is C65H57BN2OS. The number of furan rings is 1. The molecule has 5 heterocycles. The summed E-state index contributed by atoms with van der Waals surface area (Å²) in [6.45, 7) is 25.7. The molecular weight excluding hydrogens is 868 g/mol. The van der Waals surface area contributed by atoms with E-state index in [0.29, 0.717) is 0 Å². The number of benzene rings is 8. The summed E-state index contributed by atoms with van der Waals surface area (Å²) < 4.78 is 12.3. The number of rotatable bonds is 2. The van der Waals surface area contributed by atoms with Gasteiger partial charge in [-0.1, -0.05) is 161 Å². The molecule has 0 unspecified atom stereocenters. The Hall–Kier alpha value is -6.82. The zero-order valence-corrected chi connectivity index (χ0v) is 43.0. The van der Waals surface area contributed by atoms with Crippen LogP contribution in [0.15, 0.2) is 150 Å². The zero-order valence-electron chi connectivity index (χ0n) is 42.1. The number of hydrogen-bond acceptors (Lipinski definition) is 3. The second-order valence-electron chi connectivity index (χ2n) is 24.2. The van der Waals surface area contributed by atoms with E-state index in [-0.39, 0.29) is 28.5 Å². The van der Waals surface area contributed by atoms with Gasteiger partial charge in [-0.2, -0.15) is 0 Å². The van der Waals surface area contributed by atoms with Crippen LogP contribution in [-0.4, -0.2) is 11.4 Å². The maximum atomic E-state index is 6.95. The standard InChI is InChI=1S/C65H57BN2OS/c1-62(2,3)38-21-25-41(26-22-38)68-51-34-48-44(42-27-23-40(64(7,8)9)32-47(42)65(48,10)11)33-46(51)56-57-43-19-15-16-20-55(43)70-61(57)58-45-31-39(63(4,5)6)24-28-50(45)67-52-29-37-30-53(36-17-13-12-14-18-36)69-54(37)35-49(52)66(68)59(56)60(58)67/h12-35H,1-11H3. The van der Waals surface area contributed by atoms with Crippen molar-refractivity contribution < 1.29 is 4.42 Å². The molecule has 0 atom stereocenters. The fourth-order valence-electron chi connectivity index (χ4n) is 12.6. The summed E-state index contributed by atoms with van der Waals surface area (Å²) in [7, 11) is 0. The Morgan fingerprint density at radius 3 is 1.97 bits per heavy atom. The molecule has 0 bridgehead atoms. The molecule has 0 fully saturated rings. The Bertz CT molecular complexity index is 4080. The second-order valence-corrected chi connectivity index (χ2v) is 25.2. The van der Waals surface area contributed by atoms with Crippen molar-refractivity contribution in [3.63, 3.8) is 0 Å². The van der Waals surface area contributed by atoms with E-state index in [0.717, 1.165) is 22.3 Å². The monoisotopic (exact) mass is 924 g/mol. The summed E-state index contributed by atoms with van der Waals surface area (Å²) in [5.74, 6) is 0.885. The van der Waals surface area contributed by atoms with Crippen LogP contribution < -0.4 is 15.7 Å². The number of hydrogen-bond donors (Lipinski definition) is 0. The van der Waals surface area contributed by atoms with E-state index in [4.69, 9.17) is 4.42 Å². The molecule has 3 aliphatic rings. The van der Waals surface area contributed by atoms with Gasteiger partial charge in [-0.15, -0.1) is 11.3 Å². The number of nitrogens with zero attached hydrogens (tertiary/aromatic N) is 2. The molecule has 2 aliphatic heterocycles. The predicted octanol–water partition coefficient (Wildman–Crippen LogP) is 17.0. The molecule has 0 radical (unpaired) electrons. The van der Waals surface area contributed by atoms with E-state index in [9.17, 15) is 0 Å². The normalized spacial score (nSPS) is 14.8. The predicted molar refractivity (Wildman–Crippen MR) is 302 cm³/mol. The highest BCUT2D eigenvalue weighted by atomic mass is 32.1. The van der Waals surface area contributed by atoms with E-state index in [1.807, 2.05) is 11.3 Å². The average molecular weight is 925 g/mol. The zero-order chi connectivity index (χ0) is 48.1. The molecule has 8 aromatic carbocycles. The molecule has 70 heavy (non-hydrogen) atoms. The van der Waals surface area contributed by atoms with Crippen LogP contribution in [0.3, 0.4) is 0 Å². The minimum Gasteiger partial charge on any atom is -0.456 e. The van der Waals surface area contributed by atoms with Gasteiger partial charge in [-0.25, -0.2) is 0 Å². The molecule has 14 rings (SSSR count). The quantitative estimate of drug-likeness (QED) is 0.161. The van der Waals surface area contributed by atoms with Crippen LogP contribution in [0, 0.1) is 0 Å². The molecule has 1 aliphatic carbocycles. The maximum Gasteiger partial charge on any atom is 0.333 e. The van der Waals surface area contributed by atoms with E-state index in [2.05, 4.69) is 231 Å². The first-order chi connectivity index (χ1) is 33.4. The van der Waals surface area contributed by atoms with Crippen LogP contribution in [0.1, 0.15) is 104 Å². The summed E-state index contributed by atoms with van der Waals surface area (Å²) in [5.41, 5.74) is 22.8. The van der Waals surface area contributed by atoms with Crippen LogP contribution in [0.2, 0.25) is 0 Å². The van der Waals surface area contributed by atoms with Crippen molar-refractivity contribution in [2.45, 2.75) is 97.8 Å². The van der Waals surface area contributed by atoms with Crippen molar-refractivity contribution in [1.82, 2.24) is 4.57 Å². The van der Waals surface area contributed by atoms with Crippen molar-refractivity contribution in [3.05, 3.63) is 173 Å². The lowest BCUT2D eigenvalue weighted by molar-refractivity contribution is 0.584. The first-order valence-corrected chi connectivity index (χ1v) is 26.0. The molecule has 3 aromatic heterocycles. The lowest BCUT2D eigenvalue weighted by atomic mass is 9.43. The number of thiophene rings is 1. The second kappa shape index (κ2) is 13.7. The Kier molecular flexibility index (Phi) is 8.26. The van der Waals surface area contributed by atoms with Crippen molar-refractivity contribution in [2.75, 3.05) is 4.81 Å². The van der Waals surface area contributed by atoms with Crippen molar-refractivity contribution >= 4 is 93.4 Å². The maximum absolute atomic E-state index is 6.95. The molecule has 0 saturated carbocycles. The Morgan fingerprint density at radius 1 is 0.557 bits per heavy atom. The van der Waals surface area contributed by atoms with Gasteiger partial charge in [-0.3, -0.25) is 0 Å². The minimum absolute atomic E-state index is 0.0108. The first kappa shape index (κ1) is 42.1. The summed E-state index contributed by atoms with van der Waals surface area (Å²) in [5, 5.41) is 6.48. The smallest absolute Gasteiger partial charge is 0.333 e. The highest BCUT2D eigenvalue weighted by Crippen LogP contribution is 2.58. The molecule has 0 N–H and O–H groups in total. The number of anilines is 2. The molecule has 0 saturated heterocycles. The van der Waals surface area contributed by atoms with Gasteiger partial charge in [0.2, 0.25) is 0 Å². The van der Waals surface area contributed by atoms with Gasteiger partial charge < -0.3 is 13.8 Å². The number of aromatic nitrogens is 1. The van der Waals surface area contributed by atoms with E-state index in [1.165, 1.54) is 120 Å². The molecule has 342 valence electrons. The third-order valence-electron chi connectivity index (χ3n) is 16.4. The van der Waals surface area contributed by atoms with Gasteiger partial charge in [0.25, 0.3) is 0 Å². The average Bonchev–Trinajstić information content (AvgIpc) is 4.08. The molecule has 5 heteroatoms. The van der Waals surface area contributed by atoms with Gasteiger partial charge in [0, 0.05) is 69.9 Å². The molecule has 11 aromatic rings. The van der Waals surface area contributed by atoms with Crippen molar-refractivity contribution in [2.24, 2.45) is 0 Å². The van der Waals surface area contributed by atoms with Crippen LogP contribution in [0.25, 0.3) is 92.2 Å². The topological polar surface area (TPSA) is 21.3 Å². The first-order valence-electron chi connectivity index (χ1n) is 25.2. The van der Waals surface area contributed by atoms with E-state index < -0.39 is 0 Å². The molecule has 0 spiro atoms. The highest BCUT2D eigenvalue weighted by molar-refractivity contribution is 7.27. The molecule has 0 amide bonds. The van der Waals surface area contributed by atoms with Gasteiger partial charge >= 0.3 is 6.85 Å². The summed E-state index contributed by atoms with van der Waals surface area (Å²) in [4.78, 5) is 2.72. The van der Waals surface area contributed by atoms with Crippen LogP contribution in [-0.2, 0) is 21.7 Å². The summed E-state index contributed by atoms with van der Waals surface area (Å²) >= 11 is 1.97. The van der Waals surface area contributed by atoms with Crippen LogP contribution >= 0.6 is 11.3 Å². The third kappa shape index (κ3) is 5.64. The Balaban J connectivity index is 1.19. The van der Waals surface area contributed by atoms with Gasteiger partial charge in [0.15, 0.2) is 0 Å². The third-order valence-corrected chi connectivity index (χ3v) is 17.6. The largest absolute Gasteiger partial charge is 0.456 e. The number of fused-ring (bicyclic) bond motifs is 17. The van der Waals surface area contributed by atoms with Gasteiger partial charge in [-0.05, 0) is 132 Å². The summed E-state index contributed by atoms with van der Waals surface area (Å²) in [6, 6.07) is 56.2. The minimum atomic E-state index is -0.215. The SMILES string of the molecule is CC(C)(C)c1ccc(N2B3c4cc5oc(-c6ccccc6)cc5cc4-n4c5ccc(C(C)(C)C)cc5c5c6sc7ccccc7c6c(c3c54)-c3cc4c(cc32)C(C)(C)c2cc(C(C)(C)C)ccc2-4)cc1.